The lowest BCUT2D eigenvalue weighted by Gasteiger charge is -2.46. The second-order valence-corrected chi connectivity index (χ2v) is 25.9. The molecule has 1 N–H and O–H groups in total. The molecule has 0 unspecified atom stereocenters. The summed E-state index contributed by atoms with van der Waals surface area (Å²) < 4.78 is 22.1. The molecule has 17 heteroatoms. The lowest BCUT2D eigenvalue weighted by molar-refractivity contribution is 0.651. The number of para-hydroxylation sites is 4. The Labute approximate surface area is 497 Å². The molecule has 0 amide bonds. The highest BCUT2D eigenvalue weighted by atomic mass is 32.2. The number of benzene rings is 9. The van der Waals surface area contributed by atoms with E-state index in [9.17, 15) is 0 Å². The topological polar surface area (TPSA) is 54.5 Å². The van der Waals surface area contributed by atoms with Crippen LogP contribution in [0.15, 0.2) is 193 Å². The summed E-state index contributed by atoms with van der Waals surface area (Å²) in [7, 11) is 0. The monoisotopic (exact) mass is 1160 g/mol. The van der Waals surface area contributed by atoms with Crippen molar-refractivity contribution in [2.75, 3.05) is 65.6 Å². The van der Waals surface area contributed by atoms with Crippen LogP contribution in [0.25, 0.3) is 21.9 Å². The predicted octanol–water partition coefficient (Wildman–Crippen LogP) is 12.7. The normalized spacial score (nSPS) is 14.5. The molecule has 0 aliphatic carbocycles. The third-order valence-corrected chi connectivity index (χ3v) is 21.7. The van der Waals surface area contributed by atoms with Crippen LogP contribution in [0.1, 0.15) is 0 Å². The van der Waals surface area contributed by atoms with Gasteiger partial charge in [-0.15, -0.1) is 35.3 Å². The summed E-state index contributed by atoms with van der Waals surface area (Å²) in [5.41, 5.74) is 28.7. The zero-order valence-electron chi connectivity index (χ0n) is 44.9. The second kappa shape index (κ2) is 18.3. The van der Waals surface area contributed by atoms with Gasteiger partial charge in [-0.05, 0) is 190 Å². The first kappa shape index (κ1) is 48.8. The first-order chi connectivity index (χ1) is 39.9. The molecule has 0 saturated carbocycles. The third kappa shape index (κ3) is 6.70. The largest absolute Gasteiger partial charge is 0.468 e. The summed E-state index contributed by atoms with van der Waals surface area (Å²) in [6.45, 7) is -0.510. The van der Waals surface area contributed by atoms with E-state index in [1.807, 2.05) is 0 Å². The molecule has 0 radical (unpaired) electrons. The van der Waals surface area contributed by atoms with E-state index in [1.54, 1.807) is 71.1 Å². The van der Waals surface area contributed by atoms with Gasteiger partial charge in [0.25, 0.3) is 20.1 Å². The van der Waals surface area contributed by atoms with Gasteiger partial charge >= 0.3 is 0 Å². The van der Waals surface area contributed by atoms with Gasteiger partial charge in [0.05, 0.1) is 39.8 Å². The molecule has 0 fully saturated rings. The molecule has 0 spiro atoms. The lowest BCUT2D eigenvalue weighted by Crippen LogP contribution is -2.66. The highest BCUT2D eigenvalue weighted by Crippen LogP contribution is 2.51. The summed E-state index contributed by atoms with van der Waals surface area (Å²) in [5.74, 6) is 0. The highest BCUT2D eigenvalue weighted by Gasteiger charge is 2.52. The molecule has 11 aromatic rings. The molecule has 0 bridgehead atoms. The number of nitrogens with zero attached hydrogens (tertiary/aromatic N) is 5. The number of fused-ring (bicyclic) bond motifs is 16. The molecule has 2 aromatic heterocycles. The third-order valence-electron chi connectivity index (χ3n) is 17.3. The molecule has 0 atom stereocenters. The molecule has 0 saturated heterocycles. The van der Waals surface area contributed by atoms with Crippen LogP contribution in [0.2, 0.25) is 0 Å². The van der Waals surface area contributed by atoms with E-state index in [-0.39, 0.29) is 20.1 Å². The van der Waals surface area contributed by atoms with Crippen LogP contribution in [-0.2, 0) is 0 Å². The Balaban J connectivity index is 0.945. The zero-order chi connectivity index (χ0) is 54.1. The van der Waals surface area contributed by atoms with Crippen molar-refractivity contribution >= 4 is 242 Å². The Bertz CT molecular complexity index is 4520. The summed E-state index contributed by atoms with van der Waals surface area (Å²) in [6.07, 6.45) is 13.2. The van der Waals surface area contributed by atoms with Gasteiger partial charge in [-0.2, -0.15) is 0 Å². The van der Waals surface area contributed by atoms with Crippen molar-refractivity contribution in [1.29, 1.82) is 0 Å². The van der Waals surface area contributed by atoms with Crippen LogP contribution < -0.4 is 77.6 Å². The molecular weight excluding hydrogens is 1110 g/mol. The molecule has 81 heavy (non-hydrogen) atoms. The fraction of sp³-hybridized carbons (Fsp3) is 0.0938. The summed E-state index contributed by atoms with van der Waals surface area (Å²) in [4.78, 5) is 8.56. The number of hydrogen-bond donors (Lipinski definition) is 1. The van der Waals surface area contributed by atoms with Crippen LogP contribution in [0.5, 0.6) is 0 Å². The first-order valence-corrected chi connectivity index (χ1v) is 34.2. The fourth-order valence-corrected chi connectivity index (χ4v) is 17.7. The maximum atomic E-state index is 7.32. The average Bonchev–Trinajstić information content (AvgIpc) is 4.34. The van der Waals surface area contributed by atoms with Crippen LogP contribution >= 0.6 is 71.1 Å². The number of nitrogens with one attached hydrogen (secondary N) is 1. The van der Waals surface area contributed by atoms with E-state index in [1.165, 1.54) is 98.4 Å². The number of anilines is 14. The Morgan fingerprint density at radius 3 is 1.27 bits per heavy atom. The van der Waals surface area contributed by atoms with Crippen molar-refractivity contribution in [2.45, 2.75) is 14.7 Å². The Morgan fingerprint density at radius 2 is 0.765 bits per heavy atom. The Hall–Kier alpha value is -6.85. The van der Waals surface area contributed by atoms with E-state index >= 15 is 0 Å². The fourth-order valence-electron chi connectivity index (χ4n) is 14.2. The zero-order valence-corrected chi connectivity index (χ0v) is 49.8. The van der Waals surface area contributed by atoms with E-state index in [0.29, 0.717) is 0 Å². The van der Waals surface area contributed by atoms with Gasteiger partial charge in [-0.1, -0.05) is 72.8 Å². The van der Waals surface area contributed by atoms with Gasteiger partial charge in [0, 0.05) is 95.4 Å². The van der Waals surface area contributed by atoms with Gasteiger partial charge in [0.15, 0.2) is 0 Å². The lowest BCUT2D eigenvalue weighted by atomic mass is 9.30. The molecule has 17 rings (SSSR count). The van der Waals surface area contributed by atoms with Crippen LogP contribution in [-0.4, -0.2) is 57.7 Å². The van der Waals surface area contributed by atoms with Crippen molar-refractivity contribution < 1.29 is 8.83 Å². The highest BCUT2D eigenvalue weighted by molar-refractivity contribution is 8.01. The molecular formula is C64H47B3N6O2S6. The van der Waals surface area contributed by atoms with Crippen molar-refractivity contribution in [3.63, 3.8) is 0 Å². The minimum absolute atomic E-state index is 0.125. The molecule has 6 aliphatic rings. The van der Waals surface area contributed by atoms with E-state index < -0.39 is 0 Å². The first-order valence-electron chi connectivity index (χ1n) is 27.0. The SMILES string of the molecule is CSc1cc2c3c(c1)N(SC)c1cc4c(cc1B3c1cc3c(cc1N2SC)Nc1cc(SC)cc2c1B3c1oc3ccccc3c1N2c1ccccc1)B1c2oc3ccccc3c2N(c2ccccc2)c2cc(SC)cc(c21)N4SC. The van der Waals surface area contributed by atoms with Gasteiger partial charge in [0.2, 0.25) is 0 Å². The molecule has 6 aliphatic heterocycles. The molecule has 8 nitrogen and oxygen atoms in total. The van der Waals surface area contributed by atoms with Gasteiger partial charge in [0.1, 0.15) is 11.2 Å². The number of furan rings is 2. The van der Waals surface area contributed by atoms with Crippen molar-refractivity contribution in [3.8, 4) is 0 Å². The minimum Gasteiger partial charge on any atom is -0.468 e. The Morgan fingerprint density at radius 1 is 0.358 bits per heavy atom. The number of rotatable bonds is 8. The van der Waals surface area contributed by atoms with Crippen molar-refractivity contribution in [2.24, 2.45) is 0 Å². The predicted molar refractivity (Wildman–Crippen MR) is 361 cm³/mol. The molecule has 9 aromatic carbocycles. The summed E-state index contributed by atoms with van der Waals surface area (Å²) >= 11 is 10.7. The van der Waals surface area contributed by atoms with Crippen molar-refractivity contribution in [1.82, 2.24) is 0 Å². The van der Waals surface area contributed by atoms with Crippen molar-refractivity contribution in [3.05, 3.63) is 170 Å². The van der Waals surface area contributed by atoms with Crippen LogP contribution in [0.3, 0.4) is 0 Å². The van der Waals surface area contributed by atoms with Crippen LogP contribution in [0, 0.1) is 0 Å². The molecule has 8 heterocycles. The molecule has 390 valence electrons. The van der Waals surface area contributed by atoms with Gasteiger partial charge < -0.3 is 24.0 Å². The van der Waals surface area contributed by atoms with Gasteiger partial charge in [-0.25, -0.2) is 0 Å². The number of thioether (sulfide) groups is 3. The van der Waals surface area contributed by atoms with E-state index in [4.69, 9.17) is 8.83 Å². The quantitative estimate of drug-likeness (QED) is 0.0893. The maximum absolute atomic E-state index is 7.32. The summed E-state index contributed by atoms with van der Waals surface area (Å²) in [6, 6.07) is 63.4. The standard InChI is InChI=1S/C64H47B3N6O2S6/c1-76-37-25-47-58-51(26-37)69(35-17-9-7-10-18-35)61-40-21-13-15-23-56(40)74-63(61)66(58)42-31-43-48(33-46(42)68-47)71(79-4)54-29-39(78-3)30-55-60(54)65(43)44-32-45-50(34-49(44)72(55)80-5)73(81-6)53-28-38(77-2)27-52-59(53)67(45)64-62(41-22-14-16-24-57(41)75-64)70(52)36-19-11-8-12-20-36/h7-34,68H,1-6H3. The second-order valence-electron chi connectivity index (χ2n) is 21.1. The average molecular weight is 1160 g/mol. The van der Waals surface area contributed by atoms with Gasteiger partial charge in [-0.3, -0.25) is 12.9 Å². The van der Waals surface area contributed by atoms with E-state index in [0.717, 1.165) is 67.4 Å². The summed E-state index contributed by atoms with van der Waals surface area (Å²) in [5, 5.41) is 6.31. The number of hydrogen-bond acceptors (Lipinski definition) is 14. The maximum Gasteiger partial charge on any atom is 0.297 e. The van der Waals surface area contributed by atoms with Crippen LogP contribution in [0.4, 0.5) is 79.6 Å². The van der Waals surface area contributed by atoms with E-state index in [2.05, 4.69) is 235 Å². The minimum atomic E-state index is -0.194. The Kier molecular flexibility index (Phi) is 11.0. The smallest absolute Gasteiger partial charge is 0.297 e.